The molecule has 1 atom stereocenters. The molecule has 1 aliphatic carbocycles. The lowest BCUT2D eigenvalue weighted by Gasteiger charge is -2.30. The summed E-state index contributed by atoms with van der Waals surface area (Å²) in [5.41, 5.74) is 12.1. The van der Waals surface area contributed by atoms with Crippen LogP contribution in [0.5, 0.6) is 0 Å². The number of pyridine rings is 1. The Morgan fingerprint density at radius 1 is 1.21 bits per heavy atom. The number of oxime groups is 1. The van der Waals surface area contributed by atoms with Crippen LogP contribution in [0.4, 0.5) is 10.3 Å². The molecule has 33 heavy (non-hydrogen) atoms. The third-order valence-electron chi connectivity index (χ3n) is 6.40. The molecule has 5 rings (SSSR count). The van der Waals surface area contributed by atoms with Crippen molar-refractivity contribution in [3.63, 3.8) is 0 Å². The van der Waals surface area contributed by atoms with Gasteiger partial charge >= 0.3 is 0 Å². The highest BCUT2D eigenvalue weighted by molar-refractivity contribution is 6.03. The zero-order valence-electron chi connectivity index (χ0n) is 18.7. The van der Waals surface area contributed by atoms with Crippen molar-refractivity contribution in [1.82, 2.24) is 19.9 Å². The molecule has 0 unspecified atom stereocenters. The summed E-state index contributed by atoms with van der Waals surface area (Å²) in [6.07, 6.45) is 6.02. The number of benzene rings is 1. The number of aryl methyl sites for hydroxylation is 1. The van der Waals surface area contributed by atoms with Crippen LogP contribution in [0.1, 0.15) is 41.3 Å². The highest BCUT2D eigenvalue weighted by Crippen LogP contribution is 2.38. The number of aromatic nitrogens is 3. The summed E-state index contributed by atoms with van der Waals surface area (Å²) < 4.78 is 14.2. The van der Waals surface area contributed by atoms with E-state index in [9.17, 15) is 4.39 Å². The Labute approximate surface area is 192 Å². The van der Waals surface area contributed by atoms with E-state index in [4.69, 9.17) is 10.6 Å². The van der Waals surface area contributed by atoms with Crippen molar-refractivity contribution in [3.8, 4) is 11.1 Å². The molecule has 3 aromatic rings. The highest BCUT2D eigenvalue weighted by atomic mass is 19.1. The zero-order valence-corrected chi connectivity index (χ0v) is 18.7. The fraction of sp³-hybridized carbons (Fsp3) is 0.360. The van der Waals surface area contributed by atoms with Gasteiger partial charge in [-0.2, -0.15) is 0 Å². The van der Waals surface area contributed by atoms with Crippen LogP contribution in [0.25, 0.3) is 11.1 Å². The third-order valence-corrected chi connectivity index (χ3v) is 6.40. The quantitative estimate of drug-likeness (QED) is 0.459. The molecule has 0 bridgehead atoms. The van der Waals surface area contributed by atoms with Gasteiger partial charge in [0.15, 0.2) is 0 Å². The SMILES string of the molecule is Cc1nc(N)nc2c1/C(=N/OCCN1CCC1)C[C@@H](c1ccc(F)cc1-c1cccnc1)C2. The number of halogens is 1. The summed E-state index contributed by atoms with van der Waals surface area (Å²) in [6.45, 7) is 5.58. The number of nitrogen functional groups attached to an aromatic ring is 1. The summed E-state index contributed by atoms with van der Waals surface area (Å²) in [4.78, 5) is 21.2. The lowest BCUT2D eigenvalue weighted by molar-refractivity contribution is 0.0850. The average Bonchev–Trinajstić information content (AvgIpc) is 2.77. The van der Waals surface area contributed by atoms with Gasteiger partial charge in [-0.3, -0.25) is 9.88 Å². The predicted molar refractivity (Wildman–Crippen MR) is 125 cm³/mol. The smallest absolute Gasteiger partial charge is 0.220 e. The Kier molecular flexibility index (Phi) is 6.00. The first-order valence-electron chi connectivity index (χ1n) is 11.3. The standard InChI is InChI=1S/C25H27FN6O/c1-16-24-22(30-25(27)29-16)12-18(13-23(24)31-33-11-10-32-8-3-9-32)20-6-5-19(26)14-21(20)17-4-2-7-28-15-17/h2,4-7,14-15,18H,3,8-13H2,1H3,(H2,27,29,30)/b31-23+/t18-/m0/s1. The topological polar surface area (TPSA) is 89.5 Å². The van der Waals surface area contributed by atoms with E-state index in [0.717, 1.165) is 59.0 Å². The molecule has 0 saturated carbocycles. The number of nitrogens with two attached hydrogens (primary N) is 1. The van der Waals surface area contributed by atoms with Crippen LogP contribution in [0.3, 0.4) is 0 Å². The molecule has 2 aliphatic rings. The van der Waals surface area contributed by atoms with Gasteiger partial charge in [-0.15, -0.1) is 0 Å². The van der Waals surface area contributed by atoms with Crippen molar-refractivity contribution >= 4 is 11.7 Å². The van der Waals surface area contributed by atoms with Crippen LogP contribution in [0.15, 0.2) is 47.9 Å². The normalized spacial score (nSPS) is 19.2. The van der Waals surface area contributed by atoms with Crippen LogP contribution in [0.2, 0.25) is 0 Å². The largest absolute Gasteiger partial charge is 0.394 e. The van der Waals surface area contributed by atoms with Gasteiger partial charge in [0.2, 0.25) is 5.95 Å². The molecule has 1 fully saturated rings. The summed E-state index contributed by atoms with van der Waals surface area (Å²) >= 11 is 0. The first kappa shape index (κ1) is 21.5. The molecule has 8 heteroatoms. The van der Waals surface area contributed by atoms with Crippen molar-refractivity contribution < 1.29 is 9.23 Å². The molecular formula is C25H27FN6O. The lowest BCUT2D eigenvalue weighted by Crippen LogP contribution is -2.39. The minimum absolute atomic E-state index is 0.0414. The molecule has 0 amide bonds. The van der Waals surface area contributed by atoms with Crippen LogP contribution in [0, 0.1) is 12.7 Å². The summed E-state index contributed by atoms with van der Waals surface area (Å²) in [6, 6.07) is 8.73. The van der Waals surface area contributed by atoms with Gasteiger partial charge in [-0.05, 0) is 68.1 Å². The van der Waals surface area contributed by atoms with Crippen molar-refractivity contribution in [1.29, 1.82) is 0 Å². The van der Waals surface area contributed by atoms with E-state index in [1.165, 1.54) is 12.5 Å². The van der Waals surface area contributed by atoms with E-state index in [-0.39, 0.29) is 17.7 Å². The molecule has 1 aliphatic heterocycles. The zero-order chi connectivity index (χ0) is 22.8. The van der Waals surface area contributed by atoms with Crippen molar-refractivity contribution in [2.75, 3.05) is 32.0 Å². The maximum Gasteiger partial charge on any atom is 0.220 e. The van der Waals surface area contributed by atoms with E-state index in [0.29, 0.717) is 19.4 Å². The van der Waals surface area contributed by atoms with Crippen molar-refractivity contribution in [3.05, 3.63) is 71.1 Å². The average molecular weight is 447 g/mol. The molecule has 1 saturated heterocycles. The Morgan fingerprint density at radius 3 is 2.85 bits per heavy atom. The van der Waals surface area contributed by atoms with Crippen LogP contribution in [-0.4, -0.2) is 51.8 Å². The predicted octanol–water partition coefficient (Wildman–Crippen LogP) is 3.72. The Bertz CT molecular complexity index is 1180. The number of rotatable bonds is 6. The summed E-state index contributed by atoms with van der Waals surface area (Å²) in [5.74, 6) is 0.00993. The van der Waals surface area contributed by atoms with Gasteiger partial charge in [0.1, 0.15) is 12.4 Å². The van der Waals surface area contributed by atoms with Gasteiger partial charge in [-0.1, -0.05) is 17.3 Å². The molecule has 0 radical (unpaired) electrons. The number of nitrogens with zero attached hydrogens (tertiary/aromatic N) is 5. The fourth-order valence-electron chi connectivity index (χ4n) is 4.68. The first-order chi connectivity index (χ1) is 16.1. The fourth-order valence-corrected chi connectivity index (χ4v) is 4.68. The van der Waals surface area contributed by atoms with Crippen LogP contribution in [-0.2, 0) is 11.3 Å². The van der Waals surface area contributed by atoms with Gasteiger partial charge in [0, 0.05) is 36.5 Å². The Hall–Kier alpha value is -3.39. The molecule has 2 N–H and O–H groups in total. The van der Waals surface area contributed by atoms with Gasteiger partial charge < -0.3 is 10.6 Å². The number of hydrogen-bond donors (Lipinski definition) is 1. The van der Waals surface area contributed by atoms with E-state index in [1.807, 2.05) is 25.1 Å². The van der Waals surface area contributed by atoms with Crippen LogP contribution >= 0.6 is 0 Å². The first-order valence-corrected chi connectivity index (χ1v) is 11.3. The summed E-state index contributed by atoms with van der Waals surface area (Å²) in [5, 5.41) is 4.52. The highest BCUT2D eigenvalue weighted by Gasteiger charge is 2.30. The number of hydrogen-bond acceptors (Lipinski definition) is 7. The Balaban J connectivity index is 1.49. The molecule has 7 nitrogen and oxygen atoms in total. The van der Waals surface area contributed by atoms with E-state index >= 15 is 0 Å². The van der Waals surface area contributed by atoms with Gasteiger partial charge in [-0.25, -0.2) is 14.4 Å². The second kappa shape index (κ2) is 9.23. The number of anilines is 1. The minimum Gasteiger partial charge on any atom is -0.394 e. The van der Waals surface area contributed by atoms with E-state index in [1.54, 1.807) is 18.5 Å². The van der Waals surface area contributed by atoms with Gasteiger partial charge in [0.25, 0.3) is 0 Å². The lowest BCUT2D eigenvalue weighted by atomic mass is 9.78. The molecule has 0 spiro atoms. The second-order valence-corrected chi connectivity index (χ2v) is 8.63. The van der Waals surface area contributed by atoms with Gasteiger partial charge in [0.05, 0.1) is 17.1 Å². The maximum absolute atomic E-state index is 14.2. The third kappa shape index (κ3) is 4.57. The number of fused-ring (bicyclic) bond motifs is 1. The van der Waals surface area contributed by atoms with Crippen molar-refractivity contribution in [2.45, 2.75) is 32.1 Å². The molecule has 170 valence electrons. The molecule has 1 aromatic carbocycles. The Morgan fingerprint density at radius 2 is 2.09 bits per heavy atom. The van der Waals surface area contributed by atoms with E-state index in [2.05, 4.69) is 25.0 Å². The molecular weight excluding hydrogens is 419 g/mol. The monoisotopic (exact) mass is 446 g/mol. The maximum atomic E-state index is 14.2. The van der Waals surface area contributed by atoms with Crippen LogP contribution < -0.4 is 5.73 Å². The minimum atomic E-state index is -0.278. The second-order valence-electron chi connectivity index (χ2n) is 8.63. The van der Waals surface area contributed by atoms with E-state index < -0.39 is 0 Å². The number of likely N-dealkylation sites (tertiary alicyclic amines) is 1. The van der Waals surface area contributed by atoms with Crippen molar-refractivity contribution in [2.24, 2.45) is 5.16 Å². The summed E-state index contributed by atoms with van der Waals surface area (Å²) in [7, 11) is 0. The molecule has 2 aromatic heterocycles. The molecule has 3 heterocycles.